The molecule has 2 aromatic heterocycles. The van der Waals surface area contributed by atoms with Crippen LogP contribution in [0.5, 0.6) is 0 Å². The Kier molecular flexibility index (Phi) is 3.21. The van der Waals surface area contributed by atoms with Gasteiger partial charge in [-0.3, -0.25) is 0 Å². The molecule has 0 spiro atoms. The van der Waals surface area contributed by atoms with Crippen molar-refractivity contribution < 1.29 is 0 Å². The molecule has 0 saturated carbocycles. The van der Waals surface area contributed by atoms with E-state index < -0.39 is 0 Å². The first kappa shape index (κ1) is 11.1. The normalized spacial score (nSPS) is 12.4. The maximum atomic E-state index is 5.81. The monoisotopic (exact) mass is 258 g/mol. The van der Waals surface area contributed by atoms with Gasteiger partial charge in [0.1, 0.15) is 5.82 Å². The van der Waals surface area contributed by atoms with Crippen molar-refractivity contribution in [2.75, 3.05) is 5.32 Å². The molecule has 0 bridgehead atoms. The summed E-state index contributed by atoms with van der Waals surface area (Å²) in [5.74, 6) is 1.15. The molecular formula is C8H8Cl2N6. The van der Waals surface area contributed by atoms with Crippen molar-refractivity contribution in [3.63, 3.8) is 0 Å². The van der Waals surface area contributed by atoms with Crippen LogP contribution in [0.4, 0.5) is 5.82 Å². The maximum Gasteiger partial charge on any atom is 0.245 e. The minimum absolute atomic E-state index is 0.0403. The van der Waals surface area contributed by atoms with Gasteiger partial charge in [0.05, 0.1) is 6.04 Å². The van der Waals surface area contributed by atoms with Gasteiger partial charge in [-0.05, 0) is 18.5 Å². The number of halogens is 2. The average Bonchev–Trinajstić information content (AvgIpc) is 2.76. The highest BCUT2D eigenvalue weighted by Crippen LogP contribution is 2.21. The number of nitrogens with one attached hydrogen (secondary N) is 2. The molecule has 1 unspecified atom stereocenters. The van der Waals surface area contributed by atoms with Crippen LogP contribution in [0, 0.1) is 0 Å². The Labute approximate surface area is 101 Å². The average molecular weight is 259 g/mol. The number of rotatable bonds is 3. The summed E-state index contributed by atoms with van der Waals surface area (Å²) in [4.78, 5) is 11.0. The van der Waals surface area contributed by atoms with Gasteiger partial charge < -0.3 is 10.3 Å². The summed E-state index contributed by atoms with van der Waals surface area (Å²) in [5.41, 5.74) is 0. The molecule has 0 aromatic carbocycles. The zero-order chi connectivity index (χ0) is 11.5. The molecule has 16 heavy (non-hydrogen) atoms. The van der Waals surface area contributed by atoms with E-state index in [0.29, 0.717) is 5.82 Å². The van der Waals surface area contributed by atoms with Gasteiger partial charge >= 0.3 is 0 Å². The Balaban J connectivity index is 2.17. The molecule has 0 aliphatic carbocycles. The number of H-pyrrole nitrogens is 1. The zero-order valence-corrected chi connectivity index (χ0v) is 9.79. The van der Waals surface area contributed by atoms with E-state index in [9.17, 15) is 0 Å². The third kappa shape index (κ3) is 2.40. The number of nitrogens with zero attached hydrogens (tertiary/aromatic N) is 4. The highest BCUT2D eigenvalue weighted by atomic mass is 35.5. The summed E-state index contributed by atoms with van der Waals surface area (Å²) < 4.78 is 0. The maximum absolute atomic E-state index is 5.81. The fourth-order valence-corrected chi connectivity index (χ4v) is 1.43. The van der Waals surface area contributed by atoms with Crippen LogP contribution in [0.15, 0.2) is 12.4 Å². The van der Waals surface area contributed by atoms with Crippen LogP contribution < -0.4 is 5.32 Å². The zero-order valence-electron chi connectivity index (χ0n) is 8.28. The second-order valence-corrected chi connectivity index (χ2v) is 3.76. The largest absolute Gasteiger partial charge is 0.358 e. The van der Waals surface area contributed by atoms with Crippen molar-refractivity contribution in [3.05, 3.63) is 28.7 Å². The molecule has 0 aliphatic heterocycles. The van der Waals surface area contributed by atoms with Crippen molar-refractivity contribution in [2.45, 2.75) is 13.0 Å². The van der Waals surface area contributed by atoms with E-state index in [1.807, 2.05) is 6.92 Å². The Morgan fingerprint density at radius 3 is 2.88 bits per heavy atom. The van der Waals surface area contributed by atoms with Gasteiger partial charge in [0.15, 0.2) is 11.0 Å². The van der Waals surface area contributed by atoms with Crippen LogP contribution in [0.1, 0.15) is 18.8 Å². The third-order valence-electron chi connectivity index (χ3n) is 1.90. The minimum Gasteiger partial charge on any atom is -0.358 e. The van der Waals surface area contributed by atoms with Crippen molar-refractivity contribution in [3.8, 4) is 0 Å². The Morgan fingerprint density at radius 1 is 1.38 bits per heavy atom. The van der Waals surface area contributed by atoms with Crippen molar-refractivity contribution in [1.29, 1.82) is 0 Å². The van der Waals surface area contributed by atoms with Gasteiger partial charge in [0.25, 0.3) is 0 Å². The highest BCUT2D eigenvalue weighted by Gasteiger charge is 2.12. The topological polar surface area (TPSA) is 79.4 Å². The summed E-state index contributed by atoms with van der Waals surface area (Å²) in [5, 5.41) is 10.4. The molecule has 0 aliphatic rings. The number of hydrogen-bond acceptors (Lipinski definition) is 5. The second-order valence-electron chi connectivity index (χ2n) is 3.06. The number of hydrogen-bond donors (Lipinski definition) is 2. The van der Waals surface area contributed by atoms with Crippen LogP contribution >= 0.6 is 23.2 Å². The van der Waals surface area contributed by atoms with Gasteiger partial charge in [-0.2, -0.15) is 4.98 Å². The first-order valence-corrected chi connectivity index (χ1v) is 5.24. The van der Waals surface area contributed by atoms with Crippen LogP contribution in [0.2, 0.25) is 10.4 Å². The van der Waals surface area contributed by atoms with Gasteiger partial charge in [-0.15, -0.1) is 10.2 Å². The molecule has 6 nitrogen and oxygen atoms in total. The molecule has 8 heteroatoms. The molecule has 1 atom stereocenters. The van der Waals surface area contributed by atoms with E-state index in [0.717, 1.165) is 5.82 Å². The summed E-state index contributed by atoms with van der Waals surface area (Å²) in [6.45, 7) is 1.91. The molecule has 0 amide bonds. The quantitative estimate of drug-likeness (QED) is 0.882. The molecule has 0 fully saturated rings. The van der Waals surface area contributed by atoms with Crippen LogP contribution in [0.3, 0.4) is 0 Å². The predicted molar refractivity (Wildman–Crippen MR) is 60.5 cm³/mol. The molecule has 2 rings (SSSR count). The number of aromatic amines is 1. The Hall–Kier alpha value is -1.40. The van der Waals surface area contributed by atoms with E-state index in [1.165, 1.54) is 0 Å². The smallest absolute Gasteiger partial charge is 0.245 e. The third-order valence-corrected chi connectivity index (χ3v) is 2.32. The molecule has 2 N–H and O–H groups in total. The van der Waals surface area contributed by atoms with Crippen molar-refractivity contribution >= 4 is 29.0 Å². The molecule has 0 saturated heterocycles. The lowest BCUT2D eigenvalue weighted by Gasteiger charge is -2.12. The molecule has 2 aromatic rings. The SMILES string of the molecule is CC(Nc1nc(Cl)nnc1Cl)c1ncc[nH]1. The van der Waals surface area contributed by atoms with Gasteiger partial charge in [0, 0.05) is 12.4 Å². The minimum atomic E-state index is -0.0831. The summed E-state index contributed by atoms with van der Waals surface area (Å²) >= 11 is 11.4. The fraction of sp³-hybridized carbons (Fsp3) is 0.250. The lowest BCUT2D eigenvalue weighted by atomic mass is 10.3. The summed E-state index contributed by atoms with van der Waals surface area (Å²) in [6, 6.07) is -0.0831. The molecular weight excluding hydrogens is 251 g/mol. The molecule has 0 radical (unpaired) electrons. The van der Waals surface area contributed by atoms with E-state index in [-0.39, 0.29) is 16.5 Å². The first-order chi connectivity index (χ1) is 7.66. The van der Waals surface area contributed by atoms with Crippen molar-refractivity contribution in [1.82, 2.24) is 25.1 Å². The number of imidazole rings is 1. The van der Waals surface area contributed by atoms with Crippen LogP contribution in [-0.2, 0) is 0 Å². The van der Waals surface area contributed by atoms with Gasteiger partial charge in [-0.25, -0.2) is 4.98 Å². The highest BCUT2D eigenvalue weighted by molar-refractivity contribution is 6.32. The second kappa shape index (κ2) is 4.63. The van der Waals surface area contributed by atoms with Crippen LogP contribution in [-0.4, -0.2) is 25.1 Å². The van der Waals surface area contributed by atoms with E-state index >= 15 is 0 Å². The van der Waals surface area contributed by atoms with Crippen LogP contribution in [0.25, 0.3) is 0 Å². The van der Waals surface area contributed by atoms with E-state index in [2.05, 4.69) is 30.5 Å². The lowest BCUT2D eigenvalue weighted by molar-refractivity contribution is 0.797. The van der Waals surface area contributed by atoms with Gasteiger partial charge in [-0.1, -0.05) is 11.6 Å². The Bertz CT molecular complexity index is 471. The van der Waals surface area contributed by atoms with E-state index in [4.69, 9.17) is 23.2 Å². The summed E-state index contributed by atoms with van der Waals surface area (Å²) in [6.07, 6.45) is 3.40. The lowest BCUT2D eigenvalue weighted by Crippen LogP contribution is -2.11. The van der Waals surface area contributed by atoms with E-state index in [1.54, 1.807) is 12.4 Å². The predicted octanol–water partition coefficient (Wildman–Crippen LogP) is 2.07. The molecule has 84 valence electrons. The number of aromatic nitrogens is 5. The van der Waals surface area contributed by atoms with Crippen molar-refractivity contribution in [2.24, 2.45) is 0 Å². The number of anilines is 1. The first-order valence-electron chi connectivity index (χ1n) is 4.48. The standard InChI is InChI=1S/C8H8Cl2N6/c1-4(6-11-2-3-12-6)13-7-5(9)15-16-8(10)14-7/h2-4H,1H3,(H,11,12)(H,13,14,16). The van der Waals surface area contributed by atoms with Gasteiger partial charge in [0.2, 0.25) is 5.28 Å². The molecule has 2 heterocycles. The fourth-order valence-electron chi connectivity index (χ4n) is 1.17. The summed E-state index contributed by atoms with van der Waals surface area (Å²) in [7, 11) is 0. The Morgan fingerprint density at radius 2 is 2.19 bits per heavy atom.